The molecule has 0 spiro atoms. The fourth-order valence-electron chi connectivity index (χ4n) is 9.37. The lowest BCUT2D eigenvalue weighted by Gasteiger charge is -2.33. The molecular formula is C67H109N3O12. The van der Waals surface area contributed by atoms with Gasteiger partial charge in [0.15, 0.2) is 0 Å². The number of carbonyl (C=O) groups is 3. The molecule has 0 saturated carbocycles. The highest BCUT2D eigenvalue weighted by molar-refractivity contribution is 5.93. The van der Waals surface area contributed by atoms with Crippen molar-refractivity contribution >= 4 is 17.7 Å². The van der Waals surface area contributed by atoms with E-state index in [4.69, 9.17) is 42.6 Å². The summed E-state index contributed by atoms with van der Waals surface area (Å²) < 4.78 is 49.8. The van der Waals surface area contributed by atoms with Crippen molar-refractivity contribution in [3.8, 4) is 0 Å². The second kappa shape index (κ2) is 45.8. The summed E-state index contributed by atoms with van der Waals surface area (Å²) in [6, 6.07) is -0.777. The van der Waals surface area contributed by atoms with Crippen LogP contribution in [0, 0.1) is 10.8 Å². The van der Waals surface area contributed by atoms with Crippen molar-refractivity contribution in [1.82, 2.24) is 16.0 Å². The summed E-state index contributed by atoms with van der Waals surface area (Å²) in [7, 11) is 0. The van der Waals surface area contributed by atoms with Crippen LogP contribution >= 0.6 is 0 Å². The van der Waals surface area contributed by atoms with Crippen molar-refractivity contribution < 1.29 is 57.0 Å². The van der Waals surface area contributed by atoms with Crippen LogP contribution in [0.3, 0.4) is 0 Å². The molecular weight excluding hydrogens is 1040 g/mol. The average molecular weight is 1150 g/mol. The topological polar surface area (TPSA) is 170 Å². The fourth-order valence-corrected chi connectivity index (χ4v) is 9.37. The molecule has 0 unspecified atom stereocenters. The van der Waals surface area contributed by atoms with Crippen molar-refractivity contribution in [2.24, 2.45) is 10.8 Å². The standard InChI is InChI=1S/C67H109N3O12/c1-12-34-74-36-38-76-40-42-78-44-46-80-48-50-82-51-49-81-47-45-79-43-41-77-39-37-75-35-33-69-65(73)62(70-64(72)53-57(5)22-16-20-55(3)27-29-61-59(7)24-18-31-67(61,10)11)25-13-14-32-68-63(71)52-56(4)21-15-19-54(2)26-28-60-58(6)23-17-30-66(60,8)9/h15-16,19-22,26-29,52-53,62H,12-14,17-18,23-25,30-51H2,1-11H3,(H,68,71)(H,69,73)(H,70,72)/b21-15+,22-16+,28-26+,29-27+,54-19+,55-20+,56-52+,57-53+/t62-/m1/s1. The number of allylic oxidation sites excluding steroid dienone is 18. The molecule has 0 radical (unpaired) electrons. The molecule has 3 amide bonds. The molecule has 2 rings (SSSR count). The van der Waals surface area contributed by atoms with Gasteiger partial charge in [-0.15, -0.1) is 0 Å². The summed E-state index contributed by atoms with van der Waals surface area (Å²) >= 11 is 0. The van der Waals surface area contributed by atoms with Crippen LogP contribution in [0.4, 0.5) is 0 Å². The Morgan fingerprint density at radius 2 is 0.854 bits per heavy atom. The molecule has 0 fully saturated rings. The van der Waals surface area contributed by atoms with Crippen molar-refractivity contribution in [3.05, 3.63) is 117 Å². The lowest BCUT2D eigenvalue weighted by molar-refractivity contribution is -0.127. The first kappa shape index (κ1) is 73.6. The Bertz CT molecular complexity index is 2140. The lowest BCUT2D eigenvalue weighted by Crippen LogP contribution is -2.47. The van der Waals surface area contributed by atoms with E-state index in [1.54, 1.807) is 6.08 Å². The van der Waals surface area contributed by atoms with Gasteiger partial charge in [0.05, 0.1) is 112 Å². The molecule has 464 valence electrons. The van der Waals surface area contributed by atoms with Crippen LogP contribution in [0.5, 0.6) is 0 Å². The Kier molecular flexibility index (Phi) is 41.1. The first-order valence-corrected chi connectivity index (χ1v) is 30.3. The van der Waals surface area contributed by atoms with Gasteiger partial charge in [-0.05, 0) is 139 Å². The van der Waals surface area contributed by atoms with Crippen molar-refractivity contribution in [2.75, 3.05) is 132 Å². The molecule has 0 heterocycles. The van der Waals surface area contributed by atoms with Gasteiger partial charge in [0.2, 0.25) is 17.7 Å². The average Bonchev–Trinajstić information content (AvgIpc) is 3.47. The van der Waals surface area contributed by atoms with Gasteiger partial charge in [-0.25, -0.2) is 0 Å². The largest absolute Gasteiger partial charge is 0.379 e. The van der Waals surface area contributed by atoms with Crippen LogP contribution in [-0.2, 0) is 57.0 Å². The number of rotatable bonds is 46. The van der Waals surface area contributed by atoms with Gasteiger partial charge >= 0.3 is 0 Å². The maximum atomic E-state index is 13.5. The van der Waals surface area contributed by atoms with E-state index in [0.717, 1.165) is 48.2 Å². The van der Waals surface area contributed by atoms with Gasteiger partial charge in [0.25, 0.3) is 0 Å². The minimum absolute atomic E-state index is 0.174. The van der Waals surface area contributed by atoms with Crippen LogP contribution in [0.15, 0.2) is 117 Å². The maximum Gasteiger partial charge on any atom is 0.244 e. The quantitative estimate of drug-likeness (QED) is 0.0300. The molecule has 15 nitrogen and oxygen atoms in total. The lowest BCUT2D eigenvalue weighted by atomic mass is 9.72. The minimum Gasteiger partial charge on any atom is -0.379 e. The third kappa shape index (κ3) is 36.9. The Balaban J connectivity index is 1.73. The highest BCUT2D eigenvalue weighted by Gasteiger charge is 2.27. The molecule has 0 aromatic heterocycles. The number of nitrogens with one attached hydrogen (secondary N) is 3. The highest BCUT2D eigenvalue weighted by atomic mass is 16.6. The Morgan fingerprint density at radius 1 is 0.476 bits per heavy atom. The highest BCUT2D eigenvalue weighted by Crippen LogP contribution is 2.42. The number of hydrogen-bond acceptors (Lipinski definition) is 12. The summed E-state index contributed by atoms with van der Waals surface area (Å²) in [5, 5.41) is 8.79. The third-order valence-electron chi connectivity index (χ3n) is 14.0. The number of hydrogen-bond donors (Lipinski definition) is 3. The van der Waals surface area contributed by atoms with E-state index < -0.39 is 6.04 Å². The SMILES string of the molecule is CCCOCCOCCOCCOCCOCCOCCOCCOCCOCCNC(=O)[C@@H](CCCCNC(=O)/C=C(C)/C=C/C=C(C)/C=C/C1=C(C)CCCC1(C)C)NC(=O)/C=C(C)/C=C/C=C(C)/C=C/C1=C(C)CCCC1(C)C. The zero-order chi connectivity index (χ0) is 60.1. The fraction of sp³-hybridized carbons (Fsp3) is 0.657. The smallest absolute Gasteiger partial charge is 0.244 e. The van der Waals surface area contributed by atoms with Crippen LogP contribution < -0.4 is 16.0 Å². The first-order chi connectivity index (χ1) is 39.4. The second-order valence-corrected chi connectivity index (χ2v) is 22.5. The zero-order valence-electron chi connectivity index (χ0n) is 52.6. The van der Waals surface area contributed by atoms with Gasteiger partial charge in [0, 0.05) is 31.8 Å². The Labute approximate surface area is 495 Å². The van der Waals surface area contributed by atoms with Gasteiger partial charge in [-0.1, -0.05) is 118 Å². The molecule has 1 atom stereocenters. The summed E-state index contributed by atoms with van der Waals surface area (Å²) in [5.41, 5.74) is 9.98. The summed E-state index contributed by atoms with van der Waals surface area (Å²) in [4.78, 5) is 39.5. The normalized spacial score (nSPS) is 16.9. The van der Waals surface area contributed by atoms with Gasteiger partial charge in [0.1, 0.15) is 6.04 Å². The van der Waals surface area contributed by atoms with Crippen LogP contribution in [0.2, 0.25) is 0 Å². The van der Waals surface area contributed by atoms with E-state index in [0.29, 0.717) is 132 Å². The first-order valence-electron chi connectivity index (χ1n) is 30.3. The predicted octanol–water partition coefficient (Wildman–Crippen LogP) is 11.5. The Morgan fingerprint density at radius 3 is 1.24 bits per heavy atom. The molecule has 2 aliphatic rings. The summed E-state index contributed by atoms with van der Waals surface area (Å²) in [6.07, 6.45) is 33.5. The monoisotopic (exact) mass is 1150 g/mol. The van der Waals surface area contributed by atoms with Crippen LogP contribution in [0.1, 0.15) is 140 Å². The number of carbonyl (C=O) groups excluding carboxylic acids is 3. The molecule has 0 aliphatic heterocycles. The van der Waals surface area contributed by atoms with Gasteiger partial charge in [-0.2, -0.15) is 0 Å². The molecule has 0 saturated heterocycles. The molecule has 2 aliphatic carbocycles. The summed E-state index contributed by atoms with van der Waals surface area (Å²) in [6.45, 7) is 33.2. The summed E-state index contributed by atoms with van der Waals surface area (Å²) in [5.74, 6) is -0.842. The van der Waals surface area contributed by atoms with E-state index in [1.165, 1.54) is 54.1 Å². The van der Waals surface area contributed by atoms with E-state index in [-0.39, 0.29) is 41.7 Å². The zero-order valence-corrected chi connectivity index (χ0v) is 52.6. The number of amides is 3. The Hall–Kier alpha value is -4.55. The molecule has 0 bridgehead atoms. The molecule has 0 aromatic rings. The number of ether oxygens (including phenoxy) is 9. The van der Waals surface area contributed by atoms with Crippen molar-refractivity contribution in [1.29, 1.82) is 0 Å². The van der Waals surface area contributed by atoms with E-state index >= 15 is 0 Å². The van der Waals surface area contributed by atoms with E-state index in [9.17, 15) is 14.4 Å². The minimum atomic E-state index is -0.777. The van der Waals surface area contributed by atoms with E-state index in [1.807, 2.05) is 44.2 Å². The maximum absolute atomic E-state index is 13.5. The van der Waals surface area contributed by atoms with Gasteiger partial charge in [-0.3, -0.25) is 14.4 Å². The number of unbranched alkanes of at least 4 members (excludes halogenated alkanes) is 1. The van der Waals surface area contributed by atoms with E-state index in [2.05, 4.69) is 109 Å². The van der Waals surface area contributed by atoms with Crippen LogP contribution in [0.25, 0.3) is 0 Å². The van der Waals surface area contributed by atoms with Gasteiger partial charge < -0.3 is 58.6 Å². The van der Waals surface area contributed by atoms with Crippen LogP contribution in [-0.4, -0.2) is 156 Å². The predicted molar refractivity (Wildman–Crippen MR) is 332 cm³/mol. The molecule has 3 N–H and O–H groups in total. The molecule has 15 heteroatoms. The van der Waals surface area contributed by atoms with Crippen molar-refractivity contribution in [2.45, 2.75) is 146 Å². The molecule has 82 heavy (non-hydrogen) atoms. The van der Waals surface area contributed by atoms with Crippen molar-refractivity contribution in [3.63, 3.8) is 0 Å². The molecule has 0 aromatic carbocycles. The second-order valence-electron chi connectivity index (χ2n) is 22.5. The third-order valence-corrected chi connectivity index (χ3v) is 14.0.